The van der Waals surface area contributed by atoms with Gasteiger partial charge in [-0.25, -0.2) is 9.78 Å². The zero-order chi connectivity index (χ0) is 14.3. The molecule has 1 heterocycles. The number of nitrogens with one attached hydrogen (secondary N) is 1. The second-order valence-corrected chi connectivity index (χ2v) is 5.90. The molecule has 4 nitrogen and oxygen atoms in total. The lowest BCUT2D eigenvalue weighted by molar-refractivity contribution is 0.201. The molecule has 0 saturated heterocycles. The Morgan fingerprint density at radius 3 is 2.84 bits per heavy atom. The SMILES string of the molecule is CCc1nc(CCNC(=O)N(C)CC(C)CC)cs1. The Balaban J connectivity index is 2.26. The van der Waals surface area contributed by atoms with E-state index in [9.17, 15) is 4.79 Å². The fraction of sp³-hybridized carbons (Fsp3) is 0.714. The number of thiazole rings is 1. The van der Waals surface area contributed by atoms with Crippen molar-refractivity contribution in [3.8, 4) is 0 Å². The summed E-state index contributed by atoms with van der Waals surface area (Å²) < 4.78 is 0. The van der Waals surface area contributed by atoms with Crippen LogP contribution in [0.2, 0.25) is 0 Å². The van der Waals surface area contributed by atoms with E-state index in [2.05, 4.69) is 36.5 Å². The first-order chi connectivity index (χ1) is 9.06. The third-order valence-corrected chi connectivity index (χ3v) is 4.23. The molecule has 0 spiro atoms. The van der Waals surface area contributed by atoms with Gasteiger partial charge in [0, 0.05) is 31.9 Å². The first kappa shape index (κ1) is 16.0. The van der Waals surface area contributed by atoms with Gasteiger partial charge < -0.3 is 10.2 Å². The van der Waals surface area contributed by atoms with Crippen molar-refractivity contribution >= 4 is 17.4 Å². The zero-order valence-corrected chi connectivity index (χ0v) is 13.2. The summed E-state index contributed by atoms with van der Waals surface area (Å²) in [4.78, 5) is 18.1. The van der Waals surface area contributed by atoms with Gasteiger partial charge in [-0.05, 0) is 12.3 Å². The minimum atomic E-state index is 0.00578. The minimum absolute atomic E-state index is 0.00578. The van der Waals surface area contributed by atoms with Crippen molar-refractivity contribution in [2.45, 2.75) is 40.0 Å². The van der Waals surface area contributed by atoms with Gasteiger partial charge in [0.15, 0.2) is 0 Å². The van der Waals surface area contributed by atoms with Crippen LogP contribution in [0.3, 0.4) is 0 Å². The van der Waals surface area contributed by atoms with Crippen LogP contribution in [0.25, 0.3) is 0 Å². The van der Waals surface area contributed by atoms with Crippen LogP contribution in [0, 0.1) is 5.92 Å². The number of urea groups is 1. The van der Waals surface area contributed by atoms with Crippen LogP contribution in [0.1, 0.15) is 37.9 Å². The molecule has 0 aliphatic carbocycles. The minimum Gasteiger partial charge on any atom is -0.338 e. The van der Waals surface area contributed by atoms with Crippen LogP contribution in [0.15, 0.2) is 5.38 Å². The van der Waals surface area contributed by atoms with Crippen molar-refractivity contribution in [3.63, 3.8) is 0 Å². The largest absolute Gasteiger partial charge is 0.338 e. The van der Waals surface area contributed by atoms with Crippen LogP contribution < -0.4 is 5.32 Å². The molecule has 0 bridgehead atoms. The molecule has 19 heavy (non-hydrogen) atoms. The number of rotatable bonds is 7. The molecule has 5 heteroatoms. The predicted octanol–water partition coefficient (Wildman–Crippen LogP) is 2.94. The summed E-state index contributed by atoms with van der Waals surface area (Å²) in [6.45, 7) is 7.86. The van der Waals surface area contributed by atoms with Gasteiger partial charge in [0.05, 0.1) is 10.7 Å². The lowest BCUT2D eigenvalue weighted by Gasteiger charge is -2.21. The molecule has 0 saturated carbocycles. The Kier molecular flexibility index (Phi) is 6.84. The molecule has 1 atom stereocenters. The highest BCUT2D eigenvalue weighted by atomic mass is 32.1. The summed E-state index contributed by atoms with van der Waals surface area (Å²) in [5, 5.41) is 6.18. The molecular weight excluding hydrogens is 258 g/mol. The Bertz CT molecular complexity index is 392. The number of carbonyl (C=O) groups excluding carboxylic acids is 1. The van der Waals surface area contributed by atoms with Gasteiger partial charge in [-0.15, -0.1) is 11.3 Å². The molecule has 2 amide bonds. The topological polar surface area (TPSA) is 45.2 Å². The molecule has 1 unspecified atom stereocenters. The van der Waals surface area contributed by atoms with Crippen LogP contribution >= 0.6 is 11.3 Å². The molecule has 0 radical (unpaired) electrons. The number of aromatic nitrogens is 1. The van der Waals surface area contributed by atoms with Crippen molar-refractivity contribution in [2.24, 2.45) is 5.92 Å². The standard InChI is InChI=1S/C14H25N3OS/c1-5-11(3)9-17(4)14(18)15-8-7-12-10-19-13(6-2)16-12/h10-11H,5-9H2,1-4H3,(H,15,18). The number of carbonyl (C=O) groups is 1. The average molecular weight is 283 g/mol. The van der Waals surface area contributed by atoms with Crippen LogP contribution in [0.4, 0.5) is 4.79 Å². The quantitative estimate of drug-likeness (QED) is 0.836. The second-order valence-electron chi connectivity index (χ2n) is 4.96. The van der Waals surface area contributed by atoms with E-state index in [0.717, 1.165) is 36.5 Å². The Labute approximate surface area is 120 Å². The highest BCUT2D eigenvalue weighted by Crippen LogP contribution is 2.10. The van der Waals surface area contributed by atoms with E-state index in [4.69, 9.17) is 0 Å². The summed E-state index contributed by atoms with van der Waals surface area (Å²) in [6.07, 6.45) is 2.88. The Morgan fingerprint density at radius 2 is 2.26 bits per heavy atom. The van der Waals surface area contributed by atoms with E-state index in [0.29, 0.717) is 12.5 Å². The number of amides is 2. The average Bonchev–Trinajstić information content (AvgIpc) is 2.86. The van der Waals surface area contributed by atoms with E-state index in [-0.39, 0.29) is 6.03 Å². The fourth-order valence-electron chi connectivity index (χ4n) is 1.74. The van der Waals surface area contributed by atoms with Gasteiger partial charge in [0.1, 0.15) is 0 Å². The Morgan fingerprint density at radius 1 is 1.53 bits per heavy atom. The highest BCUT2D eigenvalue weighted by Gasteiger charge is 2.10. The van der Waals surface area contributed by atoms with E-state index in [1.807, 2.05) is 7.05 Å². The Hall–Kier alpha value is -1.10. The van der Waals surface area contributed by atoms with Crippen molar-refractivity contribution in [2.75, 3.05) is 20.1 Å². The zero-order valence-electron chi connectivity index (χ0n) is 12.4. The third kappa shape index (κ3) is 5.59. The number of nitrogens with zero attached hydrogens (tertiary/aromatic N) is 2. The van der Waals surface area contributed by atoms with Gasteiger partial charge in [-0.3, -0.25) is 0 Å². The number of hydrogen-bond donors (Lipinski definition) is 1. The summed E-state index contributed by atoms with van der Waals surface area (Å²) in [6, 6.07) is 0.00578. The molecule has 0 aliphatic rings. The van der Waals surface area contributed by atoms with E-state index in [1.165, 1.54) is 0 Å². The van der Waals surface area contributed by atoms with Crippen molar-refractivity contribution < 1.29 is 4.79 Å². The van der Waals surface area contributed by atoms with Gasteiger partial charge in [-0.2, -0.15) is 0 Å². The maximum absolute atomic E-state index is 11.8. The normalized spacial score (nSPS) is 12.2. The van der Waals surface area contributed by atoms with E-state index >= 15 is 0 Å². The van der Waals surface area contributed by atoms with Crippen molar-refractivity contribution in [1.82, 2.24) is 15.2 Å². The predicted molar refractivity (Wildman–Crippen MR) is 80.7 cm³/mol. The summed E-state index contributed by atoms with van der Waals surface area (Å²) in [7, 11) is 1.85. The molecule has 0 aliphatic heterocycles. The van der Waals surface area contributed by atoms with Gasteiger partial charge in [-0.1, -0.05) is 27.2 Å². The molecule has 108 valence electrons. The molecule has 0 fully saturated rings. The molecular formula is C14H25N3OS. The van der Waals surface area contributed by atoms with Crippen molar-refractivity contribution in [3.05, 3.63) is 16.1 Å². The van der Waals surface area contributed by atoms with E-state index < -0.39 is 0 Å². The number of hydrogen-bond acceptors (Lipinski definition) is 3. The highest BCUT2D eigenvalue weighted by molar-refractivity contribution is 7.09. The van der Waals surface area contributed by atoms with Gasteiger partial charge in [0.2, 0.25) is 0 Å². The molecule has 1 N–H and O–H groups in total. The third-order valence-electron chi connectivity index (χ3n) is 3.19. The van der Waals surface area contributed by atoms with Crippen LogP contribution in [0.5, 0.6) is 0 Å². The van der Waals surface area contributed by atoms with E-state index in [1.54, 1.807) is 16.2 Å². The molecule has 1 aromatic rings. The molecule has 0 aromatic carbocycles. The van der Waals surface area contributed by atoms with Crippen molar-refractivity contribution in [1.29, 1.82) is 0 Å². The summed E-state index contributed by atoms with van der Waals surface area (Å²) >= 11 is 1.69. The second kappa shape index (κ2) is 8.15. The maximum Gasteiger partial charge on any atom is 0.317 e. The van der Waals surface area contributed by atoms with Gasteiger partial charge >= 0.3 is 6.03 Å². The smallest absolute Gasteiger partial charge is 0.317 e. The summed E-state index contributed by atoms with van der Waals surface area (Å²) in [5.41, 5.74) is 1.08. The lowest BCUT2D eigenvalue weighted by atomic mass is 10.1. The monoisotopic (exact) mass is 283 g/mol. The number of aryl methyl sites for hydroxylation is 1. The van der Waals surface area contributed by atoms with Crippen LogP contribution in [-0.4, -0.2) is 36.1 Å². The summed E-state index contributed by atoms with van der Waals surface area (Å²) in [5.74, 6) is 0.543. The molecule has 1 rings (SSSR count). The first-order valence-electron chi connectivity index (χ1n) is 6.99. The molecule has 1 aromatic heterocycles. The van der Waals surface area contributed by atoms with Crippen LogP contribution in [-0.2, 0) is 12.8 Å². The maximum atomic E-state index is 11.8. The lowest BCUT2D eigenvalue weighted by Crippen LogP contribution is -2.40. The van der Waals surface area contributed by atoms with Gasteiger partial charge in [0.25, 0.3) is 0 Å². The fourth-order valence-corrected chi connectivity index (χ4v) is 2.52. The first-order valence-corrected chi connectivity index (χ1v) is 7.87.